The van der Waals surface area contributed by atoms with E-state index >= 15 is 0 Å². The van der Waals surface area contributed by atoms with Gasteiger partial charge in [-0.25, -0.2) is 4.98 Å². The number of fused-ring (bicyclic) bond motifs is 1. The van der Waals surface area contributed by atoms with Crippen LogP contribution in [-0.2, 0) is 30.9 Å². The van der Waals surface area contributed by atoms with E-state index in [1.807, 2.05) is 31.2 Å². The van der Waals surface area contributed by atoms with Gasteiger partial charge in [-0.2, -0.15) is 5.26 Å². The Morgan fingerprint density at radius 3 is 2.62 bits per heavy atom. The monoisotopic (exact) mass is 521 g/mol. The molecule has 0 unspecified atom stereocenters. The number of para-hydroxylation sites is 2. The summed E-state index contributed by atoms with van der Waals surface area (Å²) in [5, 5.41) is 9.40. The van der Waals surface area contributed by atoms with Gasteiger partial charge in [0.25, 0.3) is 0 Å². The van der Waals surface area contributed by atoms with Gasteiger partial charge in [-0.05, 0) is 93.6 Å². The number of nitrogens with zero attached hydrogens (tertiary/aromatic N) is 5. The number of imidazole rings is 1. The van der Waals surface area contributed by atoms with Crippen LogP contribution in [-0.4, -0.2) is 45.2 Å². The van der Waals surface area contributed by atoms with Crippen LogP contribution in [0.4, 0.5) is 0 Å². The van der Waals surface area contributed by atoms with Gasteiger partial charge in [-0.3, -0.25) is 9.88 Å². The first-order chi connectivity index (χ1) is 19.1. The van der Waals surface area contributed by atoms with Crippen LogP contribution in [0.25, 0.3) is 11.0 Å². The van der Waals surface area contributed by atoms with Gasteiger partial charge >= 0.3 is 0 Å². The third-order valence-electron chi connectivity index (χ3n) is 7.98. The van der Waals surface area contributed by atoms with E-state index in [0.29, 0.717) is 29.9 Å². The standard InChI is InChI=1S/C32H35N5O2/c1-23-9-10-31(25(17-23)19-33)39-22-27-6-4-5-26(34-27)18-24-11-14-36(15-12-24)21-32-35-29-7-2-3-8-30(29)37(32)20-28-13-16-38-28/h2-10,17,24,28H,11-16,18,20-22H2,1H3/t28-/m0/s1. The van der Waals surface area contributed by atoms with Crippen molar-refractivity contribution in [3.8, 4) is 11.8 Å². The number of hydrogen-bond donors (Lipinski definition) is 0. The number of nitriles is 1. The number of piperidine rings is 1. The van der Waals surface area contributed by atoms with E-state index in [9.17, 15) is 5.26 Å². The summed E-state index contributed by atoms with van der Waals surface area (Å²) in [6.07, 6.45) is 4.73. The van der Waals surface area contributed by atoms with Gasteiger partial charge in [-0.15, -0.1) is 0 Å². The number of aromatic nitrogens is 3. The van der Waals surface area contributed by atoms with Gasteiger partial charge in [0, 0.05) is 12.3 Å². The fraction of sp³-hybridized carbons (Fsp3) is 0.406. The fourth-order valence-corrected chi connectivity index (χ4v) is 5.66. The second-order valence-corrected chi connectivity index (χ2v) is 10.9. The lowest BCUT2D eigenvalue weighted by molar-refractivity contribution is -0.0592. The zero-order chi connectivity index (χ0) is 26.6. The van der Waals surface area contributed by atoms with Crippen LogP contribution in [0.1, 0.15) is 47.6 Å². The maximum absolute atomic E-state index is 9.40. The Morgan fingerprint density at radius 1 is 1.00 bits per heavy atom. The topological polar surface area (TPSA) is 76.2 Å². The van der Waals surface area contributed by atoms with Crippen LogP contribution in [0, 0.1) is 24.2 Å². The molecule has 4 heterocycles. The van der Waals surface area contributed by atoms with Gasteiger partial charge in [0.2, 0.25) is 0 Å². The summed E-state index contributed by atoms with van der Waals surface area (Å²) in [5.41, 5.74) is 5.89. The lowest BCUT2D eigenvalue weighted by Crippen LogP contribution is -2.36. The normalized spacial score (nSPS) is 18.1. The van der Waals surface area contributed by atoms with Crippen molar-refractivity contribution >= 4 is 11.0 Å². The van der Waals surface area contributed by atoms with Crippen molar-refractivity contribution in [3.63, 3.8) is 0 Å². The van der Waals surface area contributed by atoms with Gasteiger partial charge in [0.05, 0.1) is 41.5 Å². The predicted molar refractivity (Wildman–Crippen MR) is 150 cm³/mol. The minimum atomic E-state index is 0.311. The average molecular weight is 522 g/mol. The zero-order valence-electron chi connectivity index (χ0n) is 22.6. The van der Waals surface area contributed by atoms with Gasteiger partial charge in [0.15, 0.2) is 0 Å². The predicted octanol–water partition coefficient (Wildman–Crippen LogP) is 5.43. The Bertz CT molecular complexity index is 1480. The Morgan fingerprint density at radius 2 is 1.82 bits per heavy atom. The molecule has 0 amide bonds. The molecule has 7 nitrogen and oxygen atoms in total. The molecule has 0 aliphatic carbocycles. The lowest BCUT2D eigenvalue weighted by atomic mass is 9.92. The molecule has 2 fully saturated rings. The van der Waals surface area contributed by atoms with Crippen molar-refractivity contribution in [2.75, 3.05) is 19.7 Å². The fourth-order valence-electron chi connectivity index (χ4n) is 5.66. The van der Waals surface area contributed by atoms with Crippen LogP contribution in [0.3, 0.4) is 0 Å². The molecule has 0 bridgehead atoms. The van der Waals surface area contributed by atoms with Crippen LogP contribution in [0.2, 0.25) is 0 Å². The number of pyridine rings is 1. The van der Waals surface area contributed by atoms with E-state index < -0.39 is 0 Å². The molecule has 4 aromatic rings. The van der Waals surface area contributed by atoms with Gasteiger partial charge in [0.1, 0.15) is 24.3 Å². The molecule has 39 heavy (non-hydrogen) atoms. The number of rotatable bonds is 9. The van der Waals surface area contributed by atoms with Crippen molar-refractivity contribution in [1.82, 2.24) is 19.4 Å². The minimum absolute atomic E-state index is 0.311. The van der Waals surface area contributed by atoms with E-state index in [0.717, 1.165) is 86.8 Å². The molecule has 7 heteroatoms. The minimum Gasteiger partial charge on any atom is -0.486 e. The summed E-state index contributed by atoms with van der Waals surface area (Å²) in [4.78, 5) is 12.4. The van der Waals surface area contributed by atoms with Crippen molar-refractivity contribution < 1.29 is 9.47 Å². The first-order valence-corrected chi connectivity index (χ1v) is 14.0. The average Bonchev–Trinajstić information content (AvgIpc) is 3.28. The molecule has 0 radical (unpaired) electrons. The van der Waals surface area contributed by atoms with Crippen LogP contribution < -0.4 is 4.74 Å². The Balaban J connectivity index is 1.04. The number of hydrogen-bond acceptors (Lipinski definition) is 6. The number of aryl methyl sites for hydroxylation is 1. The third kappa shape index (κ3) is 5.98. The molecule has 2 aromatic heterocycles. The second kappa shape index (κ2) is 11.6. The smallest absolute Gasteiger partial charge is 0.137 e. The SMILES string of the molecule is Cc1ccc(OCc2cccc(CC3CCN(Cc4nc5ccccc5n4C[C@@H]4CCO4)CC3)n2)c(C#N)c1. The number of benzene rings is 2. The van der Waals surface area contributed by atoms with Gasteiger partial charge in [-0.1, -0.05) is 24.3 Å². The van der Waals surface area contributed by atoms with Crippen molar-refractivity contribution in [3.05, 3.63) is 89.0 Å². The van der Waals surface area contributed by atoms with E-state index in [4.69, 9.17) is 19.4 Å². The summed E-state index contributed by atoms with van der Waals surface area (Å²) in [5.74, 6) is 2.37. The lowest BCUT2D eigenvalue weighted by Gasteiger charge is -2.32. The largest absolute Gasteiger partial charge is 0.486 e. The van der Waals surface area contributed by atoms with E-state index in [-0.39, 0.29) is 0 Å². The molecule has 2 aliphatic rings. The maximum Gasteiger partial charge on any atom is 0.137 e. The summed E-state index contributed by atoms with van der Waals surface area (Å²) < 4.78 is 14.1. The molecule has 0 spiro atoms. The van der Waals surface area contributed by atoms with E-state index in [2.05, 4.69) is 51.9 Å². The highest BCUT2D eigenvalue weighted by molar-refractivity contribution is 5.75. The third-order valence-corrected chi connectivity index (χ3v) is 7.98. The second-order valence-electron chi connectivity index (χ2n) is 10.9. The summed E-state index contributed by atoms with van der Waals surface area (Å²) >= 11 is 0. The molecule has 0 saturated carbocycles. The molecule has 2 aromatic carbocycles. The molecule has 0 N–H and O–H groups in total. The number of likely N-dealkylation sites (tertiary alicyclic amines) is 1. The molecular formula is C32H35N5O2. The Labute approximate surface area is 230 Å². The van der Waals surface area contributed by atoms with Crippen molar-refractivity contribution in [2.24, 2.45) is 5.92 Å². The highest BCUT2D eigenvalue weighted by atomic mass is 16.5. The summed E-state index contributed by atoms with van der Waals surface area (Å²) in [6.45, 7) is 7.11. The van der Waals surface area contributed by atoms with Crippen molar-refractivity contribution in [2.45, 2.75) is 58.4 Å². The maximum atomic E-state index is 9.40. The molecular weight excluding hydrogens is 486 g/mol. The zero-order valence-corrected chi connectivity index (χ0v) is 22.6. The summed E-state index contributed by atoms with van der Waals surface area (Å²) in [6, 6.07) is 22.5. The van der Waals surface area contributed by atoms with Crippen LogP contribution in [0.15, 0.2) is 60.7 Å². The first kappa shape index (κ1) is 25.5. The van der Waals surface area contributed by atoms with E-state index in [1.54, 1.807) is 0 Å². The van der Waals surface area contributed by atoms with Crippen LogP contribution >= 0.6 is 0 Å². The number of ether oxygens (including phenoxy) is 2. The first-order valence-electron chi connectivity index (χ1n) is 14.0. The Hall–Kier alpha value is -3.73. The van der Waals surface area contributed by atoms with Crippen LogP contribution in [0.5, 0.6) is 5.75 Å². The molecule has 6 rings (SSSR count). The molecule has 1 atom stereocenters. The molecule has 2 saturated heterocycles. The van der Waals surface area contributed by atoms with Gasteiger partial charge < -0.3 is 14.0 Å². The van der Waals surface area contributed by atoms with Crippen molar-refractivity contribution in [1.29, 1.82) is 5.26 Å². The van der Waals surface area contributed by atoms with E-state index in [1.165, 1.54) is 5.52 Å². The Kier molecular flexibility index (Phi) is 7.57. The highest BCUT2D eigenvalue weighted by Crippen LogP contribution is 2.26. The summed E-state index contributed by atoms with van der Waals surface area (Å²) in [7, 11) is 0. The molecule has 2 aliphatic heterocycles. The molecule has 200 valence electrons. The highest BCUT2D eigenvalue weighted by Gasteiger charge is 2.25. The quantitative estimate of drug-likeness (QED) is 0.292.